The first kappa shape index (κ1) is 17.1. The van der Waals surface area contributed by atoms with Crippen molar-refractivity contribution < 1.29 is 8.42 Å². The fourth-order valence-electron chi connectivity index (χ4n) is 2.86. The second-order valence-corrected chi connectivity index (χ2v) is 9.31. The predicted octanol–water partition coefficient (Wildman–Crippen LogP) is 3.51. The van der Waals surface area contributed by atoms with Gasteiger partial charge < -0.3 is 5.32 Å². The van der Waals surface area contributed by atoms with Crippen molar-refractivity contribution in [3.63, 3.8) is 0 Å². The van der Waals surface area contributed by atoms with Gasteiger partial charge in [-0.05, 0) is 30.7 Å². The van der Waals surface area contributed by atoms with Crippen LogP contribution in [-0.2, 0) is 16.4 Å². The second-order valence-electron chi connectivity index (χ2n) is 5.40. The maximum atomic E-state index is 11.9. The Morgan fingerprint density at radius 3 is 2.81 bits per heavy atom. The predicted molar refractivity (Wildman–Crippen MR) is 91.0 cm³/mol. The van der Waals surface area contributed by atoms with Crippen molar-refractivity contribution in [3.05, 3.63) is 28.8 Å². The summed E-state index contributed by atoms with van der Waals surface area (Å²) in [5, 5.41) is 4.66. The zero-order chi connectivity index (χ0) is 15.5. The van der Waals surface area contributed by atoms with Gasteiger partial charge in [-0.25, -0.2) is 8.42 Å². The molecule has 1 aromatic rings. The zero-order valence-corrected chi connectivity index (χ0v) is 14.8. The molecular weight excluding hydrogens is 326 g/mol. The number of rotatable bonds is 6. The van der Waals surface area contributed by atoms with E-state index in [9.17, 15) is 8.42 Å². The molecule has 1 aliphatic rings. The highest BCUT2D eigenvalue weighted by atomic mass is 35.5. The smallest absolute Gasteiger partial charge is 0.175 e. The van der Waals surface area contributed by atoms with Crippen molar-refractivity contribution in [1.82, 2.24) is 5.32 Å². The molecule has 6 heteroatoms. The molecule has 1 saturated carbocycles. The summed E-state index contributed by atoms with van der Waals surface area (Å²) < 4.78 is 23.8. The molecule has 2 rings (SSSR count). The van der Waals surface area contributed by atoms with Gasteiger partial charge >= 0.3 is 0 Å². The molecule has 0 aromatic heterocycles. The summed E-state index contributed by atoms with van der Waals surface area (Å²) in [6, 6.07) is 5.51. The van der Waals surface area contributed by atoms with Gasteiger partial charge in [-0.3, -0.25) is 0 Å². The first-order chi connectivity index (χ1) is 9.93. The summed E-state index contributed by atoms with van der Waals surface area (Å²) in [6.07, 6.45) is 4.85. The molecule has 0 amide bonds. The van der Waals surface area contributed by atoms with Crippen LogP contribution in [0.2, 0.25) is 5.02 Å². The van der Waals surface area contributed by atoms with Crippen LogP contribution in [-0.4, -0.2) is 31.7 Å². The molecule has 1 aromatic carbocycles. The fourth-order valence-corrected chi connectivity index (χ4v) is 5.34. The van der Waals surface area contributed by atoms with Crippen LogP contribution in [0.5, 0.6) is 0 Å². The van der Waals surface area contributed by atoms with E-state index >= 15 is 0 Å². The number of thioether (sulfide) groups is 1. The van der Waals surface area contributed by atoms with E-state index in [1.165, 1.54) is 19.1 Å². The third kappa shape index (κ3) is 4.38. The highest BCUT2D eigenvalue weighted by Crippen LogP contribution is 2.31. The van der Waals surface area contributed by atoms with Crippen molar-refractivity contribution in [3.8, 4) is 0 Å². The minimum Gasteiger partial charge on any atom is -0.309 e. The first-order valence-corrected chi connectivity index (χ1v) is 10.6. The molecule has 0 spiro atoms. The van der Waals surface area contributed by atoms with E-state index in [4.69, 9.17) is 11.6 Å². The minimum atomic E-state index is -3.26. The SMILES string of the molecule is CCSC1CCCC1NCc1c(Cl)cccc1S(C)(=O)=O. The topological polar surface area (TPSA) is 46.2 Å². The summed E-state index contributed by atoms with van der Waals surface area (Å²) in [6.45, 7) is 2.68. The average Bonchev–Trinajstić information content (AvgIpc) is 2.84. The Morgan fingerprint density at radius 2 is 2.14 bits per heavy atom. The van der Waals surface area contributed by atoms with Gasteiger partial charge in [0.2, 0.25) is 0 Å². The molecule has 0 saturated heterocycles. The molecule has 2 unspecified atom stereocenters. The van der Waals surface area contributed by atoms with Gasteiger partial charge in [-0.2, -0.15) is 11.8 Å². The maximum Gasteiger partial charge on any atom is 0.175 e. The van der Waals surface area contributed by atoms with E-state index in [0.717, 1.165) is 12.2 Å². The summed E-state index contributed by atoms with van der Waals surface area (Å²) in [5.41, 5.74) is 0.689. The van der Waals surface area contributed by atoms with Gasteiger partial charge in [0, 0.05) is 34.7 Å². The molecule has 1 aliphatic carbocycles. The third-order valence-corrected chi connectivity index (χ3v) is 6.71. The molecule has 2 atom stereocenters. The Hall–Kier alpha value is -0.230. The molecule has 1 fully saturated rings. The van der Waals surface area contributed by atoms with Gasteiger partial charge in [0.15, 0.2) is 9.84 Å². The summed E-state index contributed by atoms with van der Waals surface area (Å²) in [4.78, 5) is 0.334. The number of sulfone groups is 1. The molecule has 0 radical (unpaired) electrons. The third-order valence-electron chi connectivity index (χ3n) is 3.85. The Balaban J connectivity index is 2.13. The van der Waals surface area contributed by atoms with Gasteiger partial charge in [-0.1, -0.05) is 31.0 Å². The maximum absolute atomic E-state index is 11.9. The lowest BCUT2D eigenvalue weighted by molar-refractivity contribution is 0.527. The molecule has 0 heterocycles. The molecule has 0 aliphatic heterocycles. The van der Waals surface area contributed by atoms with Gasteiger partial charge in [0.05, 0.1) is 4.90 Å². The van der Waals surface area contributed by atoms with Crippen LogP contribution in [0.15, 0.2) is 23.1 Å². The normalized spacial score (nSPS) is 22.6. The van der Waals surface area contributed by atoms with Crippen molar-refractivity contribution in [1.29, 1.82) is 0 Å². The van der Waals surface area contributed by atoms with E-state index in [2.05, 4.69) is 12.2 Å². The summed E-state index contributed by atoms with van der Waals surface area (Å²) in [7, 11) is -3.26. The van der Waals surface area contributed by atoms with Crippen LogP contribution in [0.1, 0.15) is 31.7 Å². The van der Waals surface area contributed by atoms with Crippen LogP contribution >= 0.6 is 23.4 Å². The molecule has 1 N–H and O–H groups in total. The minimum absolute atomic E-state index is 0.334. The lowest BCUT2D eigenvalue weighted by Gasteiger charge is -2.21. The number of benzene rings is 1. The van der Waals surface area contributed by atoms with Crippen molar-refractivity contribution in [2.45, 2.75) is 48.9 Å². The molecule has 118 valence electrons. The fraction of sp³-hybridized carbons (Fsp3) is 0.600. The lowest BCUT2D eigenvalue weighted by atomic mass is 10.2. The molecule has 3 nitrogen and oxygen atoms in total. The van der Waals surface area contributed by atoms with Gasteiger partial charge in [-0.15, -0.1) is 0 Å². The van der Waals surface area contributed by atoms with E-state index in [1.807, 2.05) is 11.8 Å². The second kappa shape index (κ2) is 7.36. The van der Waals surface area contributed by atoms with Gasteiger partial charge in [0.25, 0.3) is 0 Å². The Bertz CT molecular complexity index is 589. The van der Waals surface area contributed by atoms with Crippen LogP contribution in [0, 0.1) is 0 Å². The quantitative estimate of drug-likeness (QED) is 0.855. The Morgan fingerprint density at radius 1 is 1.38 bits per heavy atom. The lowest BCUT2D eigenvalue weighted by Crippen LogP contribution is -2.34. The van der Waals surface area contributed by atoms with Crippen LogP contribution < -0.4 is 5.32 Å². The van der Waals surface area contributed by atoms with E-state index in [1.54, 1.807) is 18.2 Å². The number of hydrogen-bond donors (Lipinski definition) is 1. The highest BCUT2D eigenvalue weighted by Gasteiger charge is 2.27. The Labute approximate surface area is 136 Å². The number of nitrogens with one attached hydrogen (secondary N) is 1. The number of hydrogen-bond acceptors (Lipinski definition) is 4. The van der Waals surface area contributed by atoms with Crippen LogP contribution in [0.25, 0.3) is 0 Å². The largest absolute Gasteiger partial charge is 0.309 e. The van der Waals surface area contributed by atoms with Crippen molar-refractivity contribution >= 4 is 33.2 Å². The molecule has 21 heavy (non-hydrogen) atoms. The van der Waals surface area contributed by atoms with Gasteiger partial charge in [0.1, 0.15) is 0 Å². The average molecular weight is 348 g/mol. The van der Waals surface area contributed by atoms with Crippen LogP contribution in [0.3, 0.4) is 0 Å². The molecule has 0 bridgehead atoms. The highest BCUT2D eigenvalue weighted by molar-refractivity contribution is 7.99. The van der Waals surface area contributed by atoms with E-state index in [-0.39, 0.29) is 0 Å². The van der Waals surface area contributed by atoms with E-state index in [0.29, 0.717) is 33.3 Å². The standard InChI is InChI=1S/C15H22ClNO2S2/c1-3-20-14-8-5-7-13(14)17-10-11-12(16)6-4-9-15(11)21(2,18)19/h4,6,9,13-14,17H,3,5,7-8,10H2,1-2H3. The van der Waals surface area contributed by atoms with E-state index < -0.39 is 9.84 Å². The summed E-state index contributed by atoms with van der Waals surface area (Å²) >= 11 is 8.19. The van der Waals surface area contributed by atoms with Crippen molar-refractivity contribution in [2.24, 2.45) is 0 Å². The zero-order valence-electron chi connectivity index (χ0n) is 12.4. The molecular formula is C15H22ClNO2S2. The Kier molecular flexibility index (Phi) is 6.00. The van der Waals surface area contributed by atoms with Crippen molar-refractivity contribution in [2.75, 3.05) is 12.0 Å². The number of halogens is 1. The summed E-state index contributed by atoms with van der Waals surface area (Å²) in [5.74, 6) is 1.11. The monoisotopic (exact) mass is 347 g/mol. The first-order valence-electron chi connectivity index (χ1n) is 7.26. The van der Waals surface area contributed by atoms with Crippen LogP contribution in [0.4, 0.5) is 0 Å².